The summed E-state index contributed by atoms with van der Waals surface area (Å²) >= 11 is 0. The number of amides is 1. The molecule has 5 rings (SSSR count). The van der Waals surface area contributed by atoms with Crippen molar-refractivity contribution in [1.29, 1.82) is 0 Å². The second-order valence-electron chi connectivity index (χ2n) is 8.64. The zero-order valence-corrected chi connectivity index (χ0v) is 19.8. The Morgan fingerprint density at radius 1 is 0.806 bits per heavy atom. The molecule has 180 valence electrons. The van der Waals surface area contributed by atoms with E-state index in [0.717, 1.165) is 22.4 Å². The van der Waals surface area contributed by atoms with Gasteiger partial charge in [0.1, 0.15) is 11.9 Å². The molecule has 7 nitrogen and oxygen atoms in total. The first-order chi connectivity index (χ1) is 17.5. The SMILES string of the molecule is COc1ccc([C@@H]2N(Cc3ccccc3)C(=O)c3cc([N+](=O)[O-])ccc3N2Cc2ccccc2)cc1. The van der Waals surface area contributed by atoms with Crippen molar-refractivity contribution >= 4 is 17.3 Å². The largest absolute Gasteiger partial charge is 0.497 e. The van der Waals surface area contributed by atoms with Gasteiger partial charge in [0.05, 0.1) is 23.3 Å². The van der Waals surface area contributed by atoms with E-state index in [9.17, 15) is 14.9 Å². The molecule has 7 heteroatoms. The number of anilines is 1. The number of non-ortho nitro benzene ring substituents is 1. The fraction of sp³-hybridized carbons (Fsp3) is 0.138. The van der Waals surface area contributed by atoms with Crippen LogP contribution in [0.2, 0.25) is 0 Å². The summed E-state index contributed by atoms with van der Waals surface area (Å²) in [5.74, 6) is 0.476. The Kier molecular flexibility index (Phi) is 6.36. The maximum Gasteiger partial charge on any atom is 0.270 e. The van der Waals surface area contributed by atoms with Crippen LogP contribution in [0, 0.1) is 10.1 Å². The Bertz CT molecular complexity index is 1380. The van der Waals surface area contributed by atoms with E-state index in [1.807, 2.05) is 84.9 Å². The first kappa shape index (κ1) is 23.1. The third kappa shape index (κ3) is 4.51. The highest BCUT2D eigenvalue weighted by Gasteiger charge is 2.39. The molecule has 36 heavy (non-hydrogen) atoms. The molecule has 0 saturated heterocycles. The van der Waals surface area contributed by atoms with Gasteiger partial charge in [-0.2, -0.15) is 0 Å². The van der Waals surface area contributed by atoms with Crippen LogP contribution < -0.4 is 9.64 Å². The van der Waals surface area contributed by atoms with Crippen molar-refractivity contribution < 1.29 is 14.5 Å². The minimum atomic E-state index is -0.466. The standard InChI is InChI=1S/C29H25N3O4/c1-36-25-15-12-23(13-16-25)28-30(19-21-8-4-2-5-9-21)27-17-14-24(32(34)35)18-26(27)29(33)31(28)20-22-10-6-3-7-11-22/h2-18,28H,19-20H2,1H3/t28-/m0/s1. The van der Waals surface area contributed by atoms with Gasteiger partial charge in [-0.15, -0.1) is 0 Å². The molecule has 1 heterocycles. The van der Waals surface area contributed by atoms with Crippen molar-refractivity contribution in [3.05, 3.63) is 135 Å². The van der Waals surface area contributed by atoms with Gasteiger partial charge in [-0.1, -0.05) is 72.8 Å². The van der Waals surface area contributed by atoms with Gasteiger partial charge in [0.15, 0.2) is 0 Å². The minimum absolute atomic E-state index is 0.107. The lowest BCUT2D eigenvalue weighted by atomic mass is 9.98. The molecule has 4 aromatic rings. The van der Waals surface area contributed by atoms with Crippen molar-refractivity contribution in [1.82, 2.24) is 4.90 Å². The van der Waals surface area contributed by atoms with Gasteiger partial charge in [-0.3, -0.25) is 14.9 Å². The van der Waals surface area contributed by atoms with Crippen molar-refractivity contribution in [3.63, 3.8) is 0 Å². The van der Waals surface area contributed by atoms with Gasteiger partial charge in [-0.25, -0.2) is 0 Å². The molecular formula is C29H25N3O4. The Balaban J connectivity index is 1.69. The third-order valence-electron chi connectivity index (χ3n) is 6.39. The predicted octanol–water partition coefficient (Wildman–Crippen LogP) is 5.96. The Hall–Kier alpha value is -4.65. The maximum absolute atomic E-state index is 14.0. The Labute approximate surface area is 209 Å². The van der Waals surface area contributed by atoms with Crippen LogP contribution in [0.5, 0.6) is 5.75 Å². The summed E-state index contributed by atoms with van der Waals surface area (Å²) in [5, 5.41) is 11.5. The van der Waals surface area contributed by atoms with E-state index in [1.54, 1.807) is 18.1 Å². The average molecular weight is 480 g/mol. The average Bonchev–Trinajstić information content (AvgIpc) is 2.92. The molecule has 0 aromatic heterocycles. The highest BCUT2D eigenvalue weighted by Crippen LogP contribution is 2.42. The van der Waals surface area contributed by atoms with Gasteiger partial charge >= 0.3 is 0 Å². The molecule has 1 aliphatic rings. The highest BCUT2D eigenvalue weighted by atomic mass is 16.6. The zero-order valence-electron chi connectivity index (χ0n) is 19.8. The van der Waals surface area contributed by atoms with E-state index < -0.39 is 11.1 Å². The van der Waals surface area contributed by atoms with Crippen LogP contribution in [0.3, 0.4) is 0 Å². The first-order valence-corrected chi connectivity index (χ1v) is 11.6. The lowest BCUT2D eigenvalue weighted by Gasteiger charge is -2.46. The van der Waals surface area contributed by atoms with Crippen molar-refractivity contribution in [2.75, 3.05) is 12.0 Å². The van der Waals surface area contributed by atoms with E-state index in [1.165, 1.54) is 12.1 Å². The number of nitro groups is 1. The van der Waals surface area contributed by atoms with E-state index in [4.69, 9.17) is 4.74 Å². The lowest BCUT2D eigenvalue weighted by molar-refractivity contribution is -0.384. The zero-order chi connectivity index (χ0) is 25.1. The maximum atomic E-state index is 14.0. The summed E-state index contributed by atoms with van der Waals surface area (Å²) in [6.07, 6.45) is -0.433. The van der Waals surface area contributed by atoms with Crippen molar-refractivity contribution in [2.24, 2.45) is 0 Å². The highest BCUT2D eigenvalue weighted by molar-refractivity contribution is 6.02. The number of benzene rings is 4. The molecule has 1 atom stereocenters. The quantitative estimate of drug-likeness (QED) is 0.241. The van der Waals surface area contributed by atoms with Crippen molar-refractivity contribution in [3.8, 4) is 5.75 Å². The summed E-state index contributed by atoms with van der Waals surface area (Å²) < 4.78 is 5.36. The van der Waals surface area contributed by atoms with Gasteiger partial charge in [0.2, 0.25) is 0 Å². The summed E-state index contributed by atoms with van der Waals surface area (Å²) in [5.41, 5.74) is 3.83. The number of carbonyl (C=O) groups excluding carboxylic acids is 1. The number of methoxy groups -OCH3 is 1. The number of nitro benzene ring substituents is 1. The van der Waals surface area contributed by atoms with E-state index >= 15 is 0 Å². The predicted molar refractivity (Wildman–Crippen MR) is 138 cm³/mol. The molecule has 0 N–H and O–H groups in total. The summed E-state index contributed by atoms with van der Waals surface area (Å²) in [4.78, 5) is 28.9. The number of hydrogen-bond donors (Lipinski definition) is 0. The second-order valence-corrected chi connectivity index (χ2v) is 8.64. The number of fused-ring (bicyclic) bond motifs is 1. The van der Waals surface area contributed by atoms with E-state index in [-0.39, 0.29) is 11.6 Å². The van der Waals surface area contributed by atoms with Crippen molar-refractivity contribution in [2.45, 2.75) is 19.3 Å². The van der Waals surface area contributed by atoms with Crippen LogP contribution in [0.25, 0.3) is 0 Å². The van der Waals surface area contributed by atoms with Crippen LogP contribution in [-0.4, -0.2) is 22.8 Å². The molecule has 4 aromatic carbocycles. The monoisotopic (exact) mass is 479 g/mol. The molecule has 1 amide bonds. The second kappa shape index (κ2) is 9.92. The number of hydrogen-bond acceptors (Lipinski definition) is 5. The number of carbonyl (C=O) groups is 1. The summed E-state index contributed by atoms with van der Waals surface area (Å²) in [6.45, 7) is 0.866. The number of nitrogens with zero attached hydrogens (tertiary/aromatic N) is 3. The fourth-order valence-electron chi connectivity index (χ4n) is 4.65. The van der Waals surface area contributed by atoms with Gasteiger partial charge in [-0.05, 0) is 34.9 Å². The van der Waals surface area contributed by atoms with Gasteiger partial charge < -0.3 is 14.5 Å². The normalized spacial score (nSPS) is 14.9. The van der Waals surface area contributed by atoms with Gasteiger partial charge in [0, 0.05) is 25.2 Å². The van der Waals surface area contributed by atoms with Crippen LogP contribution in [0.1, 0.15) is 33.2 Å². The van der Waals surface area contributed by atoms with Crippen LogP contribution in [0.15, 0.2) is 103 Å². The molecule has 0 radical (unpaired) electrons. The van der Waals surface area contributed by atoms with E-state index in [0.29, 0.717) is 24.3 Å². The third-order valence-corrected chi connectivity index (χ3v) is 6.39. The first-order valence-electron chi connectivity index (χ1n) is 11.6. The van der Waals surface area contributed by atoms with Crippen LogP contribution >= 0.6 is 0 Å². The molecule has 0 unspecified atom stereocenters. The number of ether oxygens (including phenoxy) is 1. The topological polar surface area (TPSA) is 75.9 Å². The Morgan fingerprint density at radius 2 is 1.39 bits per heavy atom. The van der Waals surface area contributed by atoms with Crippen LogP contribution in [0.4, 0.5) is 11.4 Å². The Morgan fingerprint density at radius 3 is 1.94 bits per heavy atom. The van der Waals surface area contributed by atoms with Crippen LogP contribution in [-0.2, 0) is 13.1 Å². The molecular weight excluding hydrogens is 454 g/mol. The fourth-order valence-corrected chi connectivity index (χ4v) is 4.65. The molecule has 1 aliphatic heterocycles. The molecule has 0 aliphatic carbocycles. The molecule has 0 spiro atoms. The lowest BCUT2D eigenvalue weighted by Crippen LogP contribution is -2.48. The summed E-state index contributed by atoms with van der Waals surface area (Å²) in [6, 6.07) is 32.0. The minimum Gasteiger partial charge on any atom is -0.497 e. The summed E-state index contributed by atoms with van der Waals surface area (Å²) in [7, 11) is 1.62. The smallest absolute Gasteiger partial charge is 0.270 e. The molecule has 0 fully saturated rings. The molecule has 0 bridgehead atoms. The number of rotatable bonds is 7. The molecule has 0 saturated carbocycles. The van der Waals surface area contributed by atoms with Gasteiger partial charge in [0.25, 0.3) is 11.6 Å². The van der Waals surface area contributed by atoms with E-state index in [2.05, 4.69) is 4.90 Å².